The molecule has 0 radical (unpaired) electrons. The van der Waals surface area contributed by atoms with Crippen molar-refractivity contribution in [1.29, 1.82) is 0 Å². The van der Waals surface area contributed by atoms with E-state index in [-0.39, 0.29) is 36.0 Å². The van der Waals surface area contributed by atoms with Gasteiger partial charge < -0.3 is 10.2 Å². The first-order valence-corrected chi connectivity index (χ1v) is 4.02. The Morgan fingerprint density at radius 2 is 1.85 bits per heavy atom. The molecule has 0 fully saturated rings. The molecule has 0 aromatic heterocycles. The third kappa shape index (κ3) is 8.28. The Labute approximate surface area is 99.6 Å². The van der Waals surface area contributed by atoms with E-state index in [2.05, 4.69) is 0 Å². The molecule has 0 aliphatic heterocycles. The number of hydrogen-bond donors (Lipinski definition) is 2. The Hall–Kier alpha value is -0.0600. The molecule has 0 heterocycles. The summed E-state index contributed by atoms with van der Waals surface area (Å²) in [6, 6.07) is 0. The van der Waals surface area contributed by atoms with E-state index in [4.69, 9.17) is 10.2 Å². The van der Waals surface area contributed by atoms with E-state index in [0.29, 0.717) is 6.42 Å². The third-order valence-corrected chi connectivity index (χ3v) is 1.68. The minimum atomic E-state index is -1.04. The van der Waals surface area contributed by atoms with E-state index >= 15 is 0 Å². The molecule has 0 saturated heterocycles. The molecule has 4 nitrogen and oxygen atoms in total. The van der Waals surface area contributed by atoms with Gasteiger partial charge >= 0.3 is 41.5 Å². The zero-order valence-corrected chi connectivity index (χ0v) is 7.12. The first-order valence-electron chi connectivity index (χ1n) is 4.02. The van der Waals surface area contributed by atoms with Crippen molar-refractivity contribution >= 4 is 41.5 Å². The SMILES string of the molecule is CCCCC(CC(=O)O)C(=O)O.[NaH]. The molecular weight excluding hydrogens is 183 g/mol. The molecule has 0 spiro atoms. The fourth-order valence-electron chi connectivity index (χ4n) is 0.974. The molecule has 0 aliphatic rings. The average molecular weight is 198 g/mol. The van der Waals surface area contributed by atoms with Crippen LogP contribution in [0.15, 0.2) is 0 Å². The van der Waals surface area contributed by atoms with Crippen LogP contribution in [0.2, 0.25) is 0 Å². The zero-order valence-electron chi connectivity index (χ0n) is 7.12. The number of rotatable bonds is 6. The van der Waals surface area contributed by atoms with Crippen molar-refractivity contribution in [3.05, 3.63) is 0 Å². The van der Waals surface area contributed by atoms with Crippen molar-refractivity contribution in [2.75, 3.05) is 0 Å². The van der Waals surface area contributed by atoms with E-state index in [0.717, 1.165) is 12.8 Å². The topological polar surface area (TPSA) is 74.6 Å². The van der Waals surface area contributed by atoms with Crippen LogP contribution in [-0.4, -0.2) is 51.7 Å². The van der Waals surface area contributed by atoms with Crippen LogP contribution in [0.1, 0.15) is 32.6 Å². The average Bonchev–Trinajstić information content (AvgIpc) is 1.96. The Morgan fingerprint density at radius 3 is 2.15 bits per heavy atom. The molecule has 0 bridgehead atoms. The summed E-state index contributed by atoms with van der Waals surface area (Å²) in [5, 5.41) is 17.0. The number of aliphatic carboxylic acids is 2. The van der Waals surface area contributed by atoms with Gasteiger partial charge in [-0.05, 0) is 6.42 Å². The summed E-state index contributed by atoms with van der Waals surface area (Å²) >= 11 is 0. The quantitative estimate of drug-likeness (QED) is 0.616. The first kappa shape index (κ1) is 15.4. The Balaban J connectivity index is 0. The van der Waals surface area contributed by atoms with Crippen LogP contribution in [0.3, 0.4) is 0 Å². The van der Waals surface area contributed by atoms with Crippen LogP contribution < -0.4 is 0 Å². The molecule has 1 atom stereocenters. The number of unbranched alkanes of at least 4 members (excludes halogenated alkanes) is 1. The summed E-state index contributed by atoms with van der Waals surface area (Å²) < 4.78 is 0. The molecule has 0 saturated carbocycles. The van der Waals surface area contributed by atoms with Gasteiger partial charge in [-0.3, -0.25) is 9.59 Å². The van der Waals surface area contributed by atoms with Crippen molar-refractivity contribution in [3.63, 3.8) is 0 Å². The number of carboxylic acid groups (broad SMARTS) is 2. The maximum absolute atomic E-state index is 10.5. The van der Waals surface area contributed by atoms with Crippen LogP contribution in [-0.2, 0) is 9.59 Å². The van der Waals surface area contributed by atoms with Gasteiger partial charge in [0, 0.05) is 0 Å². The van der Waals surface area contributed by atoms with Gasteiger partial charge in [0.1, 0.15) is 0 Å². The minimum absolute atomic E-state index is 0. The van der Waals surface area contributed by atoms with E-state index in [1.54, 1.807) is 0 Å². The molecule has 5 heteroatoms. The number of carbonyl (C=O) groups is 2. The fourth-order valence-corrected chi connectivity index (χ4v) is 0.974. The zero-order chi connectivity index (χ0) is 9.56. The van der Waals surface area contributed by atoms with Crippen LogP contribution in [0.4, 0.5) is 0 Å². The van der Waals surface area contributed by atoms with E-state index in [9.17, 15) is 9.59 Å². The fraction of sp³-hybridized carbons (Fsp3) is 0.750. The standard InChI is InChI=1S/C8H14O4.Na.H/c1-2-3-4-6(8(11)12)5-7(9)10;;/h6H,2-5H2,1H3,(H,9,10)(H,11,12);;. The van der Waals surface area contributed by atoms with Crippen LogP contribution >= 0.6 is 0 Å². The van der Waals surface area contributed by atoms with E-state index in [1.165, 1.54) is 0 Å². The first-order chi connectivity index (χ1) is 5.57. The molecule has 0 aromatic rings. The van der Waals surface area contributed by atoms with Gasteiger partial charge in [0.15, 0.2) is 0 Å². The van der Waals surface area contributed by atoms with Gasteiger partial charge in [-0.2, -0.15) is 0 Å². The van der Waals surface area contributed by atoms with E-state index in [1.807, 2.05) is 6.92 Å². The third-order valence-electron chi connectivity index (χ3n) is 1.68. The molecule has 0 aliphatic carbocycles. The van der Waals surface area contributed by atoms with Crippen molar-refractivity contribution in [3.8, 4) is 0 Å². The maximum atomic E-state index is 10.5. The van der Waals surface area contributed by atoms with Crippen molar-refractivity contribution in [1.82, 2.24) is 0 Å². The predicted octanol–water partition coefficient (Wildman–Crippen LogP) is 0.704. The van der Waals surface area contributed by atoms with Gasteiger partial charge in [0.25, 0.3) is 0 Å². The molecule has 72 valence electrons. The van der Waals surface area contributed by atoms with Crippen LogP contribution in [0, 0.1) is 5.92 Å². The summed E-state index contributed by atoms with van der Waals surface area (Å²) in [4.78, 5) is 20.7. The Kier molecular flexibility index (Phi) is 10.1. The monoisotopic (exact) mass is 198 g/mol. The molecule has 2 N–H and O–H groups in total. The number of hydrogen-bond acceptors (Lipinski definition) is 2. The summed E-state index contributed by atoms with van der Waals surface area (Å²) in [6.07, 6.45) is 1.85. The second-order valence-electron chi connectivity index (χ2n) is 2.78. The Morgan fingerprint density at radius 1 is 1.31 bits per heavy atom. The van der Waals surface area contributed by atoms with Gasteiger partial charge in [-0.1, -0.05) is 19.8 Å². The second-order valence-corrected chi connectivity index (χ2v) is 2.78. The molecule has 0 rings (SSSR count). The van der Waals surface area contributed by atoms with Gasteiger partial charge in [-0.15, -0.1) is 0 Å². The van der Waals surface area contributed by atoms with Crippen molar-refractivity contribution in [2.24, 2.45) is 5.92 Å². The van der Waals surface area contributed by atoms with Crippen molar-refractivity contribution < 1.29 is 19.8 Å². The molecule has 0 amide bonds. The van der Waals surface area contributed by atoms with Gasteiger partial charge in [-0.25, -0.2) is 0 Å². The van der Waals surface area contributed by atoms with E-state index < -0.39 is 17.9 Å². The molecule has 0 aromatic carbocycles. The Bertz CT molecular complexity index is 170. The van der Waals surface area contributed by atoms with Crippen molar-refractivity contribution in [2.45, 2.75) is 32.6 Å². The van der Waals surface area contributed by atoms with Crippen LogP contribution in [0.25, 0.3) is 0 Å². The number of carboxylic acids is 2. The normalized spacial score (nSPS) is 11.5. The summed E-state index contributed by atoms with van der Waals surface area (Å²) in [6.45, 7) is 1.94. The van der Waals surface area contributed by atoms with Gasteiger partial charge in [0.05, 0.1) is 12.3 Å². The van der Waals surface area contributed by atoms with Gasteiger partial charge in [0.2, 0.25) is 0 Å². The summed E-state index contributed by atoms with van der Waals surface area (Å²) in [5.74, 6) is -2.77. The summed E-state index contributed by atoms with van der Waals surface area (Å²) in [5.41, 5.74) is 0. The molecule has 13 heavy (non-hydrogen) atoms. The summed E-state index contributed by atoms with van der Waals surface area (Å²) in [7, 11) is 0. The second kappa shape index (κ2) is 8.53. The predicted molar refractivity (Wildman–Crippen MR) is 50.1 cm³/mol. The molecular formula is C8H15NaO4. The molecule has 1 unspecified atom stereocenters. The van der Waals surface area contributed by atoms with Crippen LogP contribution in [0.5, 0.6) is 0 Å².